The van der Waals surface area contributed by atoms with E-state index < -0.39 is 0 Å². The topological polar surface area (TPSA) is 44.4 Å². The minimum Gasteiger partial charge on any atom is -0.333 e. The zero-order valence-corrected chi connectivity index (χ0v) is 11.2. The van der Waals surface area contributed by atoms with E-state index in [0.29, 0.717) is 24.0 Å². The second kappa shape index (κ2) is 5.25. The van der Waals surface area contributed by atoms with E-state index in [2.05, 4.69) is 29.4 Å². The van der Waals surface area contributed by atoms with Crippen LogP contribution in [0.5, 0.6) is 0 Å². The first-order valence-corrected chi connectivity index (χ1v) is 6.86. The lowest BCUT2D eigenvalue weighted by Crippen LogP contribution is -2.43. The van der Waals surface area contributed by atoms with Crippen LogP contribution in [0.15, 0.2) is 0 Å². The van der Waals surface area contributed by atoms with Gasteiger partial charge in [0.2, 0.25) is 0 Å². The third-order valence-electron chi connectivity index (χ3n) is 4.31. The molecule has 4 nitrogen and oxygen atoms in total. The molecule has 1 aliphatic heterocycles. The highest BCUT2D eigenvalue weighted by molar-refractivity contribution is 5.77. The second-order valence-electron chi connectivity index (χ2n) is 5.75. The lowest BCUT2D eigenvalue weighted by Gasteiger charge is -2.34. The zero-order valence-electron chi connectivity index (χ0n) is 11.2. The molecule has 0 bridgehead atoms. The van der Waals surface area contributed by atoms with Crippen molar-refractivity contribution in [2.24, 2.45) is 5.92 Å². The van der Waals surface area contributed by atoms with Gasteiger partial charge in [0.1, 0.15) is 0 Å². The number of nitrogens with zero attached hydrogens (tertiary/aromatic N) is 1. The fourth-order valence-electron chi connectivity index (χ4n) is 2.95. The zero-order chi connectivity index (χ0) is 12.4. The van der Waals surface area contributed by atoms with Gasteiger partial charge in [0.05, 0.1) is 6.04 Å². The van der Waals surface area contributed by atoms with Crippen molar-refractivity contribution >= 4 is 6.03 Å². The van der Waals surface area contributed by atoms with E-state index in [1.807, 2.05) is 7.05 Å². The molecular formula is C13H25N3O. The average molecular weight is 239 g/mol. The van der Waals surface area contributed by atoms with Crippen molar-refractivity contribution in [2.45, 2.75) is 57.7 Å². The maximum Gasteiger partial charge on any atom is 0.318 e. The molecule has 98 valence electrons. The van der Waals surface area contributed by atoms with Crippen molar-refractivity contribution in [1.82, 2.24) is 15.5 Å². The molecule has 0 aromatic heterocycles. The largest absolute Gasteiger partial charge is 0.333 e. The van der Waals surface area contributed by atoms with E-state index in [0.717, 1.165) is 19.4 Å². The van der Waals surface area contributed by atoms with E-state index in [1.54, 1.807) is 0 Å². The first kappa shape index (κ1) is 12.7. The van der Waals surface area contributed by atoms with E-state index in [1.165, 1.54) is 12.8 Å². The predicted octanol–water partition coefficient (Wildman–Crippen LogP) is 1.57. The number of urea groups is 1. The molecule has 1 saturated carbocycles. The number of carbonyl (C=O) groups excluding carboxylic acids is 1. The molecule has 1 atom stereocenters. The quantitative estimate of drug-likeness (QED) is 0.785. The molecule has 1 saturated heterocycles. The van der Waals surface area contributed by atoms with Crippen LogP contribution in [-0.2, 0) is 0 Å². The summed E-state index contributed by atoms with van der Waals surface area (Å²) in [6.07, 6.45) is 4.67. The first-order chi connectivity index (χ1) is 8.11. The van der Waals surface area contributed by atoms with Gasteiger partial charge in [-0.25, -0.2) is 4.79 Å². The van der Waals surface area contributed by atoms with E-state index in [-0.39, 0.29) is 6.03 Å². The van der Waals surface area contributed by atoms with Crippen LogP contribution in [0, 0.1) is 5.92 Å². The summed E-state index contributed by atoms with van der Waals surface area (Å²) in [6.45, 7) is 5.24. The molecule has 1 aliphatic carbocycles. The number of carbonyl (C=O) groups is 1. The van der Waals surface area contributed by atoms with Crippen molar-refractivity contribution in [3.8, 4) is 0 Å². The molecule has 0 radical (unpaired) electrons. The normalized spacial score (nSPS) is 34.2. The Labute approximate surface area is 104 Å². The summed E-state index contributed by atoms with van der Waals surface area (Å²) in [5, 5.41) is 6.43. The molecule has 0 aromatic carbocycles. The van der Waals surface area contributed by atoms with Crippen LogP contribution < -0.4 is 10.6 Å². The molecule has 0 spiro atoms. The standard InChI is InChI=1S/C13H25N3O/c1-9(2)12-8-16(13(17)15-12)11-6-4-10(14-3)5-7-11/h9-12,14H,4-8H2,1-3H3,(H,15,17). The Hall–Kier alpha value is -0.770. The van der Waals surface area contributed by atoms with Gasteiger partial charge in [0.25, 0.3) is 0 Å². The van der Waals surface area contributed by atoms with Crippen molar-refractivity contribution < 1.29 is 4.79 Å². The number of hydrogen-bond acceptors (Lipinski definition) is 2. The van der Waals surface area contributed by atoms with E-state index >= 15 is 0 Å². The molecule has 2 fully saturated rings. The summed E-state index contributed by atoms with van der Waals surface area (Å²) in [5.74, 6) is 0.526. The van der Waals surface area contributed by atoms with Gasteiger partial charge < -0.3 is 15.5 Å². The summed E-state index contributed by atoms with van der Waals surface area (Å²) in [4.78, 5) is 14.0. The van der Waals surface area contributed by atoms with Gasteiger partial charge in [0, 0.05) is 18.6 Å². The fourth-order valence-corrected chi connectivity index (χ4v) is 2.95. The highest BCUT2D eigenvalue weighted by atomic mass is 16.2. The third-order valence-corrected chi connectivity index (χ3v) is 4.31. The highest BCUT2D eigenvalue weighted by Crippen LogP contribution is 2.26. The Morgan fingerprint density at radius 3 is 2.41 bits per heavy atom. The van der Waals surface area contributed by atoms with Crippen LogP contribution in [0.2, 0.25) is 0 Å². The summed E-state index contributed by atoms with van der Waals surface area (Å²) in [7, 11) is 2.03. The number of hydrogen-bond donors (Lipinski definition) is 2. The van der Waals surface area contributed by atoms with Crippen molar-refractivity contribution in [1.29, 1.82) is 0 Å². The predicted molar refractivity (Wildman–Crippen MR) is 69.0 cm³/mol. The third kappa shape index (κ3) is 2.73. The Morgan fingerprint density at radius 2 is 1.94 bits per heavy atom. The molecule has 2 N–H and O–H groups in total. The molecule has 1 unspecified atom stereocenters. The van der Waals surface area contributed by atoms with Gasteiger partial charge in [0.15, 0.2) is 0 Å². The summed E-state index contributed by atoms with van der Waals surface area (Å²) in [6, 6.07) is 1.60. The molecule has 0 aromatic rings. The van der Waals surface area contributed by atoms with Crippen LogP contribution in [0.3, 0.4) is 0 Å². The van der Waals surface area contributed by atoms with Crippen LogP contribution in [-0.4, -0.2) is 42.6 Å². The van der Waals surface area contributed by atoms with Crippen LogP contribution in [0.1, 0.15) is 39.5 Å². The average Bonchev–Trinajstić information content (AvgIpc) is 2.72. The number of nitrogens with one attached hydrogen (secondary N) is 2. The molecule has 2 aliphatic rings. The minimum absolute atomic E-state index is 0.150. The molecule has 2 rings (SSSR count). The lowest BCUT2D eigenvalue weighted by molar-refractivity contribution is 0.169. The van der Waals surface area contributed by atoms with Gasteiger partial charge in [-0.3, -0.25) is 0 Å². The van der Waals surface area contributed by atoms with Crippen molar-refractivity contribution in [3.63, 3.8) is 0 Å². The smallest absolute Gasteiger partial charge is 0.318 e. The Morgan fingerprint density at radius 1 is 1.29 bits per heavy atom. The molecule has 2 amide bonds. The Balaban J connectivity index is 1.89. The summed E-state index contributed by atoms with van der Waals surface area (Å²) in [5.41, 5.74) is 0. The van der Waals surface area contributed by atoms with Crippen LogP contribution >= 0.6 is 0 Å². The van der Waals surface area contributed by atoms with Gasteiger partial charge >= 0.3 is 6.03 Å². The van der Waals surface area contributed by atoms with Crippen LogP contribution in [0.25, 0.3) is 0 Å². The summed E-state index contributed by atoms with van der Waals surface area (Å²) >= 11 is 0. The maximum atomic E-state index is 11.9. The first-order valence-electron chi connectivity index (χ1n) is 6.86. The van der Waals surface area contributed by atoms with Gasteiger partial charge in [-0.2, -0.15) is 0 Å². The SMILES string of the molecule is CNC1CCC(N2CC(C(C)C)NC2=O)CC1. The second-order valence-corrected chi connectivity index (χ2v) is 5.75. The molecular weight excluding hydrogens is 214 g/mol. The lowest BCUT2D eigenvalue weighted by atomic mass is 9.90. The minimum atomic E-state index is 0.150. The highest BCUT2D eigenvalue weighted by Gasteiger charge is 2.36. The van der Waals surface area contributed by atoms with E-state index in [4.69, 9.17) is 0 Å². The molecule has 1 heterocycles. The molecule has 4 heteroatoms. The van der Waals surface area contributed by atoms with Crippen LogP contribution in [0.4, 0.5) is 4.79 Å². The van der Waals surface area contributed by atoms with Crippen molar-refractivity contribution in [2.75, 3.05) is 13.6 Å². The maximum absolute atomic E-state index is 11.9. The van der Waals surface area contributed by atoms with E-state index in [9.17, 15) is 4.79 Å². The van der Waals surface area contributed by atoms with Gasteiger partial charge in [-0.15, -0.1) is 0 Å². The number of amides is 2. The van der Waals surface area contributed by atoms with Gasteiger partial charge in [-0.05, 0) is 38.6 Å². The Bertz CT molecular complexity index is 272. The summed E-state index contributed by atoms with van der Waals surface area (Å²) < 4.78 is 0. The molecule has 17 heavy (non-hydrogen) atoms. The monoisotopic (exact) mass is 239 g/mol. The Kier molecular flexibility index (Phi) is 3.92. The van der Waals surface area contributed by atoms with Crippen molar-refractivity contribution in [3.05, 3.63) is 0 Å². The van der Waals surface area contributed by atoms with Gasteiger partial charge in [-0.1, -0.05) is 13.8 Å². The fraction of sp³-hybridized carbons (Fsp3) is 0.923. The number of rotatable bonds is 3.